The van der Waals surface area contributed by atoms with Gasteiger partial charge in [-0.25, -0.2) is 4.98 Å². The Bertz CT molecular complexity index is 792. The fourth-order valence-electron chi connectivity index (χ4n) is 2.86. The molecule has 0 unspecified atom stereocenters. The summed E-state index contributed by atoms with van der Waals surface area (Å²) in [4.78, 5) is 6.33. The predicted molar refractivity (Wildman–Crippen MR) is 87.7 cm³/mol. The molecule has 1 aliphatic heterocycles. The maximum Gasteiger partial charge on any atom is 0.387 e. The van der Waals surface area contributed by atoms with Crippen LogP contribution in [0.2, 0.25) is 0 Å². The highest BCUT2D eigenvalue weighted by atomic mass is 19.3. The predicted octanol–water partition coefficient (Wildman–Crippen LogP) is 3.44. The lowest BCUT2D eigenvalue weighted by Crippen LogP contribution is -2.39. The Morgan fingerprint density at radius 2 is 2.24 bits per heavy atom. The molecule has 130 valence electrons. The summed E-state index contributed by atoms with van der Waals surface area (Å²) < 4.78 is 35.0. The monoisotopic (exact) mass is 345 g/mol. The first-order chi connectivity index (χ1) is 12.1. The number of aryl methyl sites for hydroxylation is 1. The normalized spacial score (nSPS) is 17.4. The van der Waals surface area contributed by atoms with Crippen LogP contribution in [0.3, 0.4) is 0 Å². The van der Waals surface area contributed by atoms with Crippen molar-refractivity contribution in [2.24, 2.45) is 0 Å². The molecule has 0 aliphatic carbocycles. The Morgan fingerprint density at radius 3 is 3.00 bits per heavy atom. The van der Waals surface area contributed by atoms with Crippen LogP contribution in [0.15, 0.2) is 36.5 Å². The van der Waals surface area contributed by atoms with Gasteiger partial charge in [-0.15, -0.1) is 0 Å². The second kappa shape index (κ2) is 7.45. The third-order valence-electron chi connectivity index (χ3n) is 4.07. The summed E-state index contributed by atoms with van der Waals surface area (Å²) in [6.07, 6.45) is 1.36. The van der Waals surface area contributed by atoms with Gasteiger partial charge in [-0.2, -0.15) is 14.0 Å². The first-order valence-corrected chi connectivity index (χ1v) is 7.85. The third kappa shape index (κ3) is 3.86. The van der Waals surface area contributed by atoms with Crippen LogP contribution in [-0.4, -0.2) is 31.3 Å². The van der Waals surface area contributed by atoms with Gasteiger partial charge in [-0.05, 0) is 36.2 Å². The summed E-state index contributed by atoms with van der Waals surface area (Å²) in [5, 5.41) is 9.40. The van der Waals surface area contributed by atoms with E-state index in [1.54, 1.807) is 30.5 Å². The molecule has 1 aromatic heterocycles. The van der Waals surface area contributed by atoms with E-state index >= 15 is 0 Å². The fraction of sp³-hybridized carbons (Fsp3) is 0.333. The molecule has 1 aliphatic rings. The molecule has 3 rings (SSSR count). The molecule has 1 fully saturated rings. The zero-order valence-corrected chi connectivity index (χ0v) is 13.7. The molecular weight excluding hydrogens is 328 g/mol. The Labute approximate surface area is 144 Å². The van der Waals surface area contributed by atoms with Crippen molar-refractivity contribution in [1.29, 1.82) is 5.26 Å². The zero-order chi connectivity index (χ0) is 17.8. The SMILES string of the molecule is Cc1ccnc(N2CCO[C@H](c3cccc(OC(F)F)c3)C2)c1C#N. The smallest absolute Gasteiger partial charge is 0.387 e. The zero-order valence-electron chi connectivity index (χ0n) is 13.7. The van der Waals surface area contributed by atoms with E-state index in [1.807, 2.05) is 11.8 Å². The number of anilines is 1. The molecule has 7 heteroatoms. The number of morpholine rings is 1. The van der Waals surface area contributed by atoms with Crippen LogP contribution in [0.4, 0.5) is 14.6 Å². The number of benzene rings is 1. The van der Waals surface area contributed by atoms with Gasteiger partial charge in [0.1, 0.15) is 23.7 Å². The van der Waals surface area contributed by atoms with E-state index < -0.39 is 6.61 Å². The van der Waals surface area contributed by atoms with Crippen molar-refractivity contribution in [1.82, 2.24) is 4.98 Å². The molecule has 0 spiro atoms. The first-order valence-electron chi connectivity index (χ1n) is 7.85. The van der Waals surface area contributed by atoms with Crippen molar-refractivity contribution in [2.75, 3.05) is 24.6 Å². The van der Waals surface area contributed by atoms with E-state index in [0.717, 1.165) is 11.1 Å². The standard InChI is InChI=1S/C18H17F2N3O2/c1-12-5-6-22-17(15(12)10-21)23-7-8-24-16(11-23)13-3-2-4-14(9-13)25-18(19)20/h2-6,9,16,18H,7-8,11H2,1H3/t16-/m0/s1. The lowest BCUT2D eigenvalue weighted by Gasteiger charge is -2.34. The molecule has 2 aromatic rings. The molecule has 5 nitrogen and oxygen atoms in total. The minimum absolute atomic E-state index is 0.0969. The van der Waals surface area contributed by atoms with Gasteiger partial charge in [0.2, 0.25) is 0 Å². The summed E-state index contributed by atoms with van der Waals surface area (Å²) >= 11 is 0. The number of hydrogen-bond acceptors (Lipinski definition) is 5. The lowest BCUT2D eigenvalue weighted by atomic mass is 10.1. The lowest BCUT2D eigenvalue weighted by molar-refractivity contribution is -0.0501. The maximum absolute atomic E-state index is 12.4. The van der Waals surface area contributed by atoms with Crippen LogP contribution in [0.25, 0.3) is 0 Å². The molecule has 1 aromatic carbocycles. The Hall–Kier alpha value is -2.72. The number of alkyl halides is 2. The second-order valence-electron chi connectivity index (χ2n) is 5.69. The minimum atomic E-state index is -2.87. The van der Waals surface area contributed by atoms with Crippen molar-refractivity contribution >= 4 is 5.82 Å². The molecule has 0 N–H and O–H groups in total. The van der Waals surface area contributed by atoms with Gasteiger partial charge >= 0.3 is 6.61 Å². The molecule has 0 amide bonds. The van der Waals surface area contributed by atoms with Gasteiger partial charge in [0, 0.05) is 19.3 Å². The number of nitriles is 1. The Balaban J connectivity index is 1.83. The maximum atomic E-state index is 12.4. The highest BCUT2D eigenvalue weighted by Crippen LogP contribution is 2.29. The van der Waals surface area contributed by atoms with Crippen molar-refractivity contribution in [3.63, 3.8) is 0 Å². The van der Waals surface area contributed by atoms with Crippen molar-refractivity contribution in [3.05, 3.63) is 53.2 Å². The fourth-order valence-corrected chi connectivity index (χ4v) is 2.86. The largest absolute Gasteiger partial charge is 0.435 e. The molecule has 2 heterocycles. The molecule has 25 heavy (non-hydrogen) atoms. The minimum Gasteiger partial charge on any atom is -0.435 e. The van der Waals surface area contributed by atoms with Gasteiger partial charge in [0.15, 0.2) is 0 Å². The third-order valence-corrected chi connectivity index (χ3v) is 4.07. The number of ether oxygens (including phenoxy) is 2. The van der Waals surface area contributed by atoms with E-state index in [9.17, 15) is 14.0 Å². The summed E-state index contributed by atoms with van der Waals surface area (Å²) in [5.41, 5.74) is 2.15. The average molecular weight is 345 g/mol. The number of halogens is 2. The van der Waals surface area contributed by atoms with Gasteiger partial charge in [-0.3, -0.25) is 0 Å². The second-order valence-corrected chi connectivity index (χ2v) is 5.69. The summed E-state index contributed by atoms with van der Waals surface area (Å²) in [6.45, 7) is 0.532. The Morgan fingerprint density at radius 1 is 1.40 bits per heavy atom. The highest BCUT2D eigenvalue weighted by Gasteiger charge is 2.25. The van der Waals surface area contributed by atoms with E-state index in [1.165, 1.54) is 6.07 Å². The van der Waals surface area contributed by atoms with E-state index in [0.29, 0.717) is 31.1 Å². The van der Waals surface area contributed by atoms with Gasteiger partial charge in [0.05, 0.1) is 12.2 Å². The quantitative estimate of drug-likeness (QED) is 0.850. The number of rotatable bonds is 4. The summed E-state index contributed by atoms with van der Waals surface area (Å²) in [5.74, 6) is 0.718. The van der Waals surface area contributed by atoms with Gasteiger partial charge < -0.3 is 14.4 Å². The number of aromatic nitrogens is 1. The van der Waals surface area contributed by atoms with Crippen LogP contribution in [-0.2, 0) is 4.74 Å². The summed E-state index contributed by atoms with van der Waals surface area (Å²) in [6, 6.07) is 10.5. The van der Waals surface area contributed by atoms with E-state index in [-0.39, 0.29) is 11.9 Å². The number of nitrogens with zero attached hydrogens (tertiary/aromatic N) is 3. The number of hydrogen-bond donors (Lipinski definition) is 0. The molecule has 0 saturated carbocycles. The molecule has 1 atom stereocenters. The van der Waals surface area contributed by atoms with E-state index in [4.69, 9.17) is 4.74 Å². The van der Waals surface area contributed by atoms with Crippen molar-refractivity contribution in [2.45, 2.75) is 19.6 Å². The van der Waals surface area contributed by atoms with E-state index in [2.05, 4.69) is 15.8 Å². The number of pyridine rings is 1. The molecule has 0 radical (unpaired) electrons. The first kappa shape index (κ1) is 17.1. The van der Waals surface area contributed by atoms with Crippen LogP contribution in [0.1, 0.15) is 22.8 Å². The van der Waals surface area contributed by atoms with Gasteiger partial charge in [-0.1, -0.05) is 12.1 Å². The Kier molecular flexibility index (Phi) is 5.10. The van der Waals surface area contributed by atoms with Crippen LogP contribution < -0.4 is 9.64 Å². The highest BCUT2D eigenvalue weighted by molar-refractivity contribution is 5.57. The van der Waals surface area contributed by atoms with Crippen LogP contribution in [0, 0.1) is 18.3 Å². The van der Waals surface area contributed by atoms with Crippen LogP contribution in [0.5, 0.6) is 5.75 Å². The summed E-state index contributed by atoms with van der Waals surface area (Å²) in [7, 11) is 0. The molecule has 0 bridgehead atoms. The van der Waals surface area contributed by atoms with Crippen LogP contribution >= 0.6 is 0 Å². The topological polar surface area (TPSA) is 58.4 Å². The molecule has 1 saturated heterocycles. The van der Waals surface area contributed by atoms with Gasteiger partial charge in [0.25, 0.3) is 0 Å². The van der Waals surface area contributed by atoms with Crippen molar-refractivity contribution in [3.8, 4) is 11.8 Å². The molecular formula is C18H17F2N3O2. The average Bonchev–Trinajstić information content (AvgIpc) is 2.61. The van der Waals surface area contributed by atoms with Crippen molar-refractivity contribution < 1.29 is 18.3 Å².